The Morgan fingerprint density at radius 1 is 0.209 bits per heavy atom. The lowest BCUT2D eigenvalue weighted by atomic mass is 9.90. The minimum atomic E-state index is 1.17. The van der Waals surface area contributed by atoms with Crippen LogP contribution in [0.2, 0.25) is 0 Å². The predicted octanol–water partition coefficient (Wildman–Crippen LogP) is 24.9. The summed E-state index contributed by atoms with van der Waals surface area (Å²) in [5, 5.41) is 4.99. The molecule has 0 atom stereocenters. The molecule has 13 rings (SSSR count). The van der Waals surface area contributed by atoms with E-state index in [0.717, 1.165) is 0 Å². The van der Waals surface area contributed by atoms with Gasteiger partial charge in [-0.05, 0) is 225 Å². The molecule has 0 heterocycles. The first-order chi connectivity index (χ1) is 42.6. The summed E-state index contributed by atoms with van der Waals surface area (Å²) in [7, 11) is 0. The zero-order valence-electron chi connectivity index (χ0n) is 50.4. The molecule has 4 fully saturated rings. The van der Waals surface area contributed by atoms with Gasteiger partial charge in [-0.2, -0.15) is 0 Å². The lowest BCUT2D eigenvalue weighted by Gasteiger charge is -2.15. The first-order valence-corrected chi connectivity index (χ1v) is 32.7. The van der Waals surface area contributed by atoms with E-state index >= 15 is 0 Å². The number of allylic oxidation sites excluding steroid dienone is 4. The van der Waals surface area contributed by atoms with E-state index in [4.69, 9.17) is 0 Å². The Labute approximate surface area is 513 Å². The normalized spacial score (nSPS) is 15.7. The Hall–Kier alpha value is -8.58. The second-order valence-electron chi connectivity index (χ2n) is 25.0. The second kappa shape index (κ2) is 27.6. The maximum atomic E-state index is 2.43. The lowest BCUT2D eigenvalue weighted by molar-refractivity contribution is 0.602. The van der Waals surface area contributed by atoms with Crippen molar-refractivity contribution in [2.24, 2.45) is 0 Å². The van der Waals surface area contributed by atoms with E-state index in [0.29, 0.717) is 0 Å². The third kappa shape index (κ3) is 14.2. The van der Waals surface area contributed by atoms with Crippen molar-refractivity contribution in [2.75, 3.05) is 0 Å². The average molecular weight is 1120 g/mol. The Balaban J connectivity index is 0.762. The third-order valence-corrected chi connectivity index (χ3v) is 18.7. The van der Waals surface area contributed by atoms with E-state index in [1.807, 2.05) is 0 Å². The van der Waals surface area contributed by atoms with Gasteiger partial charge in [-0.25, -0.2) is 0 Å². The summed E-state index contributed by atoms with van der Waals surface area (Å²) < 4.78 is 0. The standard InChI is InChI=1S/C86H82/c1-5-17-65(18-6-1)57-69-37-47-75(48-38-69)85(76-49-39-70(40-50-76)58-66-19-7-2-8-20-66)61-73-33-29-63(30-34-73)45-55-83-79-25-13-15-27-81(79)84(82-28-16-14-26-80(82)83)56-46-64-31-35-74(36-32-64)62-86(77-51-41-71(42-52-77)59-67-21-9-3-10-22-67)78-53-43-72(44-54-78)60-68-23-11-4-12-24-68/h13-16,25-62H,1-12,17-24H2. The van der Waals surface area contributed by atoms with E-state index in [9.17, 15) is 0 Å². The molecule has 0 nitrogen and oxygen atoms in total. The maximum Gasteiger partial charge on any atom is -0.00987 e. The molecule has 9 aromatic carbocycles. The molecule has 426 valence electrons. The molecule has 9 aromatic rings. The first-order valence-electron chi connectivity index (χ1n) is 32.7. The van der Waals surface area contributed by atoms with Crippen molar-refractivity contribution >= 4 is 93.5 Å². The Morgan fingerprint density at radius 2 is 0.430 bits per heavy atom. The SMILES string of the molecule is C(=Cc1c2ccccc2c(C=Cc2ccc(C=C(c3ccc(C=C4CCCCC4)cc3)c3ccc(C=C4CCCCC4)cc3)cc2)c2ccccc12)c1ccc(C=C(c2ccc(C=C3CCCCC3)cc2)c2ccc(C=C3CCCCC3)cc2)cc1. The molecule has 0 bridgehead atoms. The molecule has 0 amide bonds. The highest BCUT2D eigenvalue weighted by Gasteiger charge is 2.15. The summed E-state index contributed by atoms with van der Waals surface area (Å²) >= 11 is 0. The van der Waals surface area contributed by atoms with Crippen molar-refractivity contribution < 1.29 is 0 Å². The van der Waals surface area contributed by atoms with Crippen LogP contribution in [0.5, 0.6) is 0 Å². The minimum absolute atomic E-state index is 1.17. The first kappa shape index (κ1) is 56.5. The van der Waals surface area contributed by atoms with Gasteiger partial charge in [0.15, 0.2) is 0 Å². The summed E-state index contributed by atoms with van der Waals surface area (Å²) in [5.41, 5.74) is 26.3. The third-order valence-electron chi connectivity index (χ3n) is 18.7. The Kier molecular flexibility index (Phi) is 18.2. The van der Waals surface area contributed by atoms with Crippen LogP contribution in [0.4, 0.5) is 0 Å². The predicted molar refractivity (Wildman–Crippen MR) is 376 cm³/mol. The van der Waals surface area contributed by atoms with Crippen LogP contribution in [0.25, 0.3) is 93.5 Å². The van der Waals surface area contributed by atoms with Crippen molar-refractivity contribution in [2.45, 2.75) is 128 Å². The second-order valence-corrected chi connectivity index (χ2v) is 25.0. The van der Waals surface area contributed by atoms with Crippen LogP contribution >= 0.6 is 0 Å². The van der Waals surface area contributed by atoms with Crippen molar-refractivity contribution in [1.82, 2.24) is 0 Å². The zero-order valence-corrected chi connectivity index (χ0v) is 50.4. The smallest absolute Gasteiger partial charge is 0.00987 e. The van der Waals surface area contributed by atoms with Gasteiger partial charge in [0.2, 0.25) is 0 Å². The molecular formula is C86H82. The van der Waals surface area contributed by atoms with E-state index in [-0.39, 0.29) is 0 Å². The summed E-state index contributed by atoms with van der Waals surface area (Å²) in [4.78, 5) is 0. The summed E-state index contributed by atoms with van der Waals surface area (Å²) in [6.07, 6.45) is 49.6. The van der Waals surface area contributed by atoms with Crippen molar-refractivity contribution in [3.63, 3.8) is 0 Å². The van der Waals surface area contributed by atoms with E-state index < -0.39 is 0 Å². The molecule has 0 aromatic heterocycles. The number of hydrogen-bond donors (Lipinski definition) is 0. The molecule has 0 aliphatic heterocycles. The van der Waals surface area contributed by atoms with E-state index in [1.54, 1.807) is 22.3 Å². The lowest BCUT2D eigenvalue weighted by Crippen LogP contribution is -1.94. The highest BCUT2D eigenvalue weighted by molar-refractivity contribution is 6.14. The largest absolute Gasteiger partial charge is 0.0696 e. The quantitative estimate of drug-likeness (QED) is 0.0752. The van der Waals surface area contributed by atoms with Gasteiger partial charge < -0.3 is 0 Å². The molecular weight excluding hydrogens is 1030 g/mol. The van der Waals surface area contributed by atoms with Crippen molar-refractivity contribution in [3.05, 3.63) is 294 Å². The number of benzene rings is 9. The molecule has 0 N–H and O–H groups in total. The van der Waals surface area contributed by atoms with Gasteiger partial charge >= 0.3 is 0 Å². The van der Waals surface area contributed by atoms with Gasteiger partial charge in [0.05, 0.1) is 0 Å². The summed E-state index contributed by atoms with van der Waals surface area (Å²) in [6.45, 7) is 0. The fourth-order valence-electron chi connectivity index (χ4n) is 13.9. The highest BCUT2D eigenvalue weighted by atomic mass is 14.2. The molecule has 0 spiro atoms. The van der Waals surface area contributed by atoms with E-state index in [2.05, 4.69) is 255 Å². The molecule has 4 aliphatic rings. The maximum absolute atomic E-state index is 2.43. The molecule has 0 saturated heterocycles. The molecule has 0 heteroatoms. The van der Waals surface area contributed by atoms with Crippen LogP contribution in [0.3, 0.4) is 0 Å². The number of rotatable bonds is 14. The average Bonchev–Trinajstić information content (AvgIpc) is 3.34. The summed E-state index contributed by atoms with van der Waals surface area (Å²) in [6, 6.07) is 73.1. The van der Waals surface area contributed by atoms with Gasteiger partial charge in [-0.15, -0.1) is 0 Å². The van der Waals surface area contributed by atoms with Gasteiger partial charge in [0, 0.05) is 0 Å². The van der Waals surface area contributed by atoms with E-state index in [1.165, 1.54) is 239 Å². The topological polar surface area (TPSA) is 0 Å². The van der Waals surface area contributed by atoms with Crippen LogP contribution in [0.15, 0.2) is 216 Å². The number of fused-ring (bicyclic) bond motifs is 2. The summed E-state index contributed by atoms with van der Waals surface area (Å²) in [5.74, 6) is 0. The van der Waals surface area contributed by atoms with Crippen LogP contribution in [-0.2, 0) is 0 Å². The number of hydrogen-bond acceptors (Lipinski definition) is 0. The van der Waals surface area contributed by atoms with Gasteiger partial charge in [-0.1, -0.05) is 291 Å². The minimum Gasteiger partial charge on any atom is -0.0696 e. The van der Waals surface area contributed by atoms with Crippen LogP contribution in [0.1, 0.15) is 206 Å². The monoisotopic (exact) mass is 1110 g/mol. The Morgan fingerprint density at radius 3 is 0.674 bits per heavy atom. The van der Waals surface area contributed by atoms with Crippen LogP contribution < -0.4 is 0 Å². The highest BCUT2D eigenvalue weighted by Crippen LogP contribution is 2.38. The molecule has 4 aliphatic carbocycles. The fraction of sp³-hybridized carbons (Fsp3) is 0.233. The van der Waals surface area contributed by atoms with Crippen LogP contribution in [-0.4, -0.2) is 0 Å². The van der Waals surface area contributed by atoms with Gasteiger partial charge in [-0.3, -0.25) is 0 Å². The van der Waals surface area contributed by atoms with Gasteiger partial charge in [0.25, 0.3) is 0 Å². The zero-order chi connectivity index (χ0) is 57.7. The fourth-order valence-corrected chi connectivity index (χ4v) is 13.9. The Bertz CT molecular complexity index is 3560. The molecule has 4 saturated carbocycles. The molecule has 0 unspecified atom stereocenters. The van der Waals surface area contributed by atoms with Gasteiger partial charge in [0.1, 0.15) is 0 Å². The molecule has 0 radical (unpaired) electrons. The van der Waals surface area contributed by atoms with Crippen molar-refractivity contribution in [1.29, 1.82) is 0 Å². The van der Waals surface area contributed by atoms with Crippen molar-refractivity contribution in [3.8, 4) is 0 Å². The van der Waals surface area contributed by atoms with Crippen LogP contribution in [0, 0.1) is 0 Å². The molecule has 86 heavy (non-hydrogen) atoms.